The van der Waals surface area contributed by atoms with Gasteiger partial charge in [0.05, 0.1) is 5.02 Å². The van der Waals surface area contributed by atoms with Gasteiger partial charge in [-0.1, -0.05) is 23.7 Å². The number of phenols is 1. The van der Waals surface area contributed by atoms with E-state index >= 15 is 0 Å². The molecule has 1 heterocycles. The fourth-order valence-corrected chi connectivity index (χ4v) is 1.34. The van der Waals surface area contributed by atoms with Crippen molar-refractivity contribution in [3.63, 3.8) is 0 Å². The number of rotatable bonds is 2. The van der Waals surface area contributed by atoms with Crippen LogP contribution in [0.5, 0.6) is 5.75 Å². The van der Waals surface area contributed by atoms with Gasteiger partial charge in [-0.3, -0.25) is 0 Å². The minimum Gasteiger partial charge on any atom is -0.506 e. The molecule has 4 nitrogen and oxygen atoms in total. The van der Waals surface area contributed by atoms with Crippen molar-refractivity contribution in [1.29, 1.82) is 0 Å². The van der Waals surface area contributed by atoms with Gasteiger partial charge < -0.3 is 9.63 Å². The van der Waals surface area contributed by atoms with Gasteiger partial charge in [0.25, 0.3) is 5.89 Å². The van der Waals surface area contributed by atoms with Crippen molar-refractivity contribution in [3.8, 4) is 17.2 Å². The minimum absolute atomic E-state index is 0.0376. The zero-order valence-corrected chi connectivity index (χ0v) is 8.82. The van der Waals surface area contributed by atoms with Crippen LogP contribution in [-0.4, -0.2) is 15.2 Å². The number of benzene rings is 1. The molecule has 15 heavy (non-hydrogen) atoms. The van der Waals surface area contributed by atoms with Crippen molar-refractivity contribution in [2.24, 2.45) is 0 Å². The van der Waals surface area contributed by atoms with Crippen LogP contribution in [0.1, 0.15) is 12.7 Å². The van der Waals surface area contributed by atoms with E-state index in [0.29, 0.717) is 17.3 Å². The van der Waals surface area contributed by atoms with Crippen LogP contribution in [0.3, 0.4) is 0 Å². The number of nitrogens with zero attached hydrogens (tertiary/aromatic N) is 2. The Morgan fingerprint density at radius 2 is 2.27 bits per heavy atom. The van der Waals surface area contributed by atoms with Gasteiger partial charge >= 0.3 is 0 Å². The van der Waals surface area contributed by atoms with Crippen LogP contribution in [0.15, 0.2) is 22.7 Å². The largest absolute Gasteiger partial charge is 0.506 e. The van der Waals surface area contributed by atoms with E-state index in [9.17, 15) is 5.11 Å². The molecule has 0 saturated carbocycles. The Kier molecular flexibility index (Phi) is 2.60. The molecule has 0 saturated heterocycles. The molecule has 1 aromatic heterocycles. The summed E-state index contributed by atoms with van der Waals surface area (Å²) in [5.74, 6) is 1.10. The number of aromatic nitrogens is 2. The van der Waals surface area contributed by atoms with Crippen LogP contribution >= 0.6 is 11.6 Å². The summed E-state index contributed by atoms with van der Waals surface area (Å²) in [5, 5.41) is 13.3. The van der Waals surface area contributed by atoms with Crippen LogP contribution in [0, 0.1) is 0 Å². The highest BCUT2D eigenvalue weighted by atomic mass is 35.5. The number of phenolic OH excluding ortho intramolecular Hbond substituents is 1. The Bertz CT molecular complexity index is 482. The molecule has 0 atom stereocenters. The smallest absolute Gasteiger partial charge is 0.257 e. The topological polar surface area (TPSA) is 59.2 Å². The van der Waals surface area contributed by atoms with E-state index in [1.807, 2.05) is 6.92 Å². The molecule has 0 amide bonds. The van der Waals surface area contributed by atoms with Crippen molar-refractivity contribution in [2.45, 2.75) is 13.3 Å². The van der Waals surface area contributed by atoms with Gasteiger partial charge in [-0.25, -0.2) is 0 Å². The normalized spacial score (nSPS) is 10.5. The third kappa shape index (κ3) is 1.94. The van der Waals surface area contributed by atoms with E-state index in [1.165, 1.54) is 6.07 Å². The lowest BCUT2D eigenvalue weighted by atomic mass is 10.2. The number of hydrogen-bond donors (Lipinski definition) is 1. The first-order chi connectivity index (χ1) is 7.20. The van der Waals surface area contributed by atoms with E-state index < -0.39 is 0 Å². The molecule has 0 aliphatic heterocycles. The molecule has 2 aromatic rings. The van der Waals surface area contributed by atoms with Gasteiger partial charge in [-0.15, -0.1) is 0 Å². The average molecular weight is 225 g/mol. The molecule has 1 N–H and O–H groups in total. The van der Waals surface area contributed by atoms with Gasteiger partial charge in [-0.2, -0.15) is 4.98 Å². The van der Waals surface area contributed by atoms with Crippen LogP contribution in [0.25, 0.3) is 11.5 Å². The summed E-state index contributed by atoms with van der Waals surface area (Å²) in [6, 6.07) is 4.76. The summed E-state index contributed by atoms with van der Waals surface area (Å²) >= 11 is 5.76. The highest BCUT2D eigenvalue weighted by Crippen LogP contribution is 2.28. The average Bonchev–Trinajstić information content (AvgIpc) is 2.70. The number of aromatic hydroxyl groups is 1. The van der Waals surface area contributed by atoms with Gasteiger partial charge in [0.15, 0.2) is 5.82 Å². The second-order valence-corrected chi connectivity index (χ2v) is 3.44. The Labute approximate surface area is 91.5 Å². The van der Waals surface area contributed by atoms with Gasteiger partial charge in [-0.05, 0) is 18.2 Å². The third-order valence-electron chi connectivity index (χ3n) is 1.98. The standard InChI is InChI=1S/C10H9ClN2O2/c1-2-9-12-10(15-13-9)6-3-4-8(14)7(11)5-6/h3-5,14H,2H2,1H3. The Morgan fingerprint density at radius 3 is 2.87 bits per heavy atom. The Hall–Kier alpha value is -1.55. The van der Waals surface area contributed by atoms with Crippen LogP contribution in [0.4, 0.5) is 0 Å². The van der Waals surface area contributed by atoms with Gasteiger partial charge in [0, 0.05) is 12.0 Å². The first kappa shape index (κ1) is 9.98. The number of aryl methyl sites for hydroxylation is 1. The lowest BCUT2D eigenvalue weighted by molar-refractivity contribution is 0.423. The van der Waals surface area contributed by atoms with Crippen LogP contribution in [0.2, 0.25) is 5.02 Å². The lowest BCUT2D eigenvalue weighted by Crippen LogP contribution is -1.82. The van der Waals surface area contributed by atoms with Crippen molar-refractivity contribution in [1.82, 2.24) is 10.1 Å². The molecular formula is C10H9ClN2O2. The van der Waals surface area contributed by atoms with E-state index in [1.54, 1.807) is 12.1 Å². The predicted molar refractivity (Wildman–Crippen MR) is 55.8 cm³/mol. The number of hydrogen-bond acceptors (Lipinski definition) is 4. The lowest BCUT2D eigenvalue weighted by Gasteiger charge is -1.97. The SMILES string of the molecule is CCc1noc(-c2ccc(O)c(Cl)c2)n1. The number of halogens is 1. The highest BCUT2D eigenvalue weighted by Gasteiger charge is 2.09. The third-order valence-corrected chi connectivity index (χ3v) is 2.28. The first-order valence-corrected chi connectivity index (χ1v) is 4.90. The molecule has 78 valence electrons. The van der Waals surface area contributed by atoms with Gasteiger partial charge in [0.2, 0.25) is 0 Å². The monoisotopic (exact) mass is 224 g/mol. The molecule has 1 aromatic carbocycles. The van der Waals surface area contributed by atoms with E-state index in [0.717, 1.165) is 6.42 Å². The second kappa shape index (κ2) is 3.90. The first-order valence-electron chi connectivity index (χ1n) is 4.52. The van der Waals surface area contributed by atoms with Crippen molar-refractivity contribution < 1.29 is 9.63 Å². The maximum absolute atomic E-state index is 9.24. The molecule has 0 radical (unpaired) electrons. The Balaban J connectivity index is 2.40. The fraction of sp³-hybridized carbons (Fsp3) is 0.200. The minimum atomic E-state index is 0.0376. The fourth-order valence-electron chi connectivity index (χ4n) is 1.15. The summed E-state index contributed by atoms with van der Waals surface area (Å²) in [6.07, 6.45) is 0.718. The maximum atomic E-state index is 9.24. The molecule has 0 fully saturated rings. The second-order valence-electron chi connectivity index (χ2n) is 3.04. The Morgan fingerprint density at radius 1 is 1.47 bits per heavy atom. The zero-order chi connectivity index (χ0) is 10.8. The molecule has 0 unspecified atom stereocenters. The summed E-state index contributed by atoms with van der Waals surface area (Å²) in [5.41, 5.74) is 0.699. The quantitative estimate of drug-likeness (QED) is 0.852. The van der Waals surface area contributed by atoms with Gasteiger partial charge in [0.1, 0.15) is 5.75 Å². The predicted octanol–water partition coefficient (Wildman–Crippen LogP) is 2.66. The molecule has 5 heteroatoms. The summed E-state index contributed by atoms with van der Waals surface area (Å²) in [6.45, 7) is 1.94. The van der Waals surface area contributed by atoms with E-state index in [2.05, 4.69) is 10.1 Å². The van der Waals surface area contributed by atoms with Crippen LogP contribution < -0.4 is 0 Å². The van der Waals surface area contributed by atoms with Crippen molar-refractivity contribution in [3.05, 3.63) is 29.0 Å². The molecule has 0 spiro atoms. The summed E-state index contributed by atoms with van der Waals surface area (Å²) in [7, 11) is 0. The molecule has 2 rings (SSSR count). The zero-order valence-electron chi connectivity index (χ0n) is 8.07. The summed E-state index contributed by atoms with van der Waals surface area (Å²) in [4.78, 5) is 4.15. The maximum Gasteiger partial charge on any atom is 0.257 e. The molecule has 0 aliphatic rings. The van der Waals surface area contributed by atoms with E-state index in [-0.39, 0.29) is 10.8 Å². The van der Waals surface area contributed by atoms with Crippen molar-refractivity contribution >= 4 is 11.6 Å². The molecule has 0 bridgehead atoms. The molecular weight excluding hydrogens is 216 g/mol. The van der Waals surface area contributed by atoms with E-state index in [4.69, 9.17) is 16.1 Å². The van der Waals surface area contributed by atoms with Crippen molar-refractivity contribution in [2.75, 3.05) is 0 Å². The van der Waals surface area contributed by atoms with Crippen LogP contribution in [-0.2, 0) is 6.42 Å². The summed E-state index contributed by atoms with van der Waals surface area (Å²) < 4.78 is 5.04. The molecule has 0 aliphatic carbocycles. The highest BCUT2D eigenvalue weighted by molar-refractivity contribution is 6.32.